The van der Waals surface area contributed by atoms with Gasteiger partial charge in [-0.25, -0.2) is 4.98 Å². The van der Waals surface area contributed by atoms with E-state index >= 15 is 0 Å². The number of hydrogen-bond donors (Lipinski definition) is 0. The largest absolute Gasteiger partial charge is 0.338 e. The van der Waals surface area contributed by atoms with E-state index in [1.165, 1.54) is 12.0 Å². The third-order valence-electron chi connectivity index (χ3n) is 3.83. The van der Waals surface area contributed by atoms with Gasteiger partial charge >= 0.3 is 0 Å². The van der Waals surface area contributed by atoms with Crippen molar-refractivity contribution in [3.05, 3.63) is 28.5 Å². The van der Waals surface area contributed by atoms with E-state index in [1.54, 1.807) is 6.20 Å². The van der Waals surface area contributed by atoms with E-state index in [0.29, 0.717) is 17.6 Å². The summed E-state index contributed by atoms with van der Waals surface area (Å²) in [7, 11) is 0. The highest BCUT2D eigenvalue weighted by molar-refractivity contribution is 6.29. The van der Waals surface area contributed by atoms with Crippen LogP contribution in [0.15, 0.2) is 12.3 Å². The average molecular weight is 251 g/mol. The number of fused-ring (bicyclic) bond motifs is 1. The van der Waals surface area contributed by atoms with Crippen LogP contribution in [0.4, 0.5) is 0 Å². The molecule has 1 aliphatic heterocycles. The second kappa shape index (κ2) is 4.30. The fourth-order valence-electron chi connectivity index (χ4n) is 2.51. The first kappa shape index (κ1) is 11.0. The van der Waals surface area contributed by atoms with Crippen molar-refractivity contribution in [2.45, 2.75) is 32.2 Å². The number of nitrogens with zero attached hydrogens (tertiary/aromatic N) is 2. The molecule has 17 heavy (non-hydrogen) atoms. The summed E-state index contributed by atoms with van der Waals surface area (Å²) in [4.78, 5) is 18.2. The molecule has 3 nitrogen and oxygen atoms in total. The number of halogens is 1. The molecular formula is C13H15ClN2O. The molecule has 90 valence electrons. The summed E-state index contributed by atoms with van der Waals surface area (Å²) < 4.78 is 0. The van der Waals surface area contributed by atoms with Crippen LogP contribution in [0, 0.1) is 5.92 Å². The van der Waals surface area contributed by atoms with Gasteiger partial charge in [0.15, 0.2) is 0 Å². The smallest absolute Gasteiger partial charge is 0.225 e. The highest BCUT2D eigenvalue weighted by Crippen LogP contribution is 2.30. The number of carbonyl (C=O) groups is 1. The van der Waals surface area contributed by atoms with E-state index in [9.17, 15) is 4.79 Å². The molecule has 0 saturated heterocycles. The number of hydrogen-bond acceptors (Lipinski definition) is 2. The first-order valence-corrected chi connectivity index (χ1v) is 6.54. The van der Waals surface area contributed by atoms with Crippen LogP contribution in [-0.2, 0) is 17.8 Å². The Bertz CT molecular complexity index is 457. The van der Waals surface area contributed by atoms with Crippen LogP contribution in [0.1, 0.15) is 30.4 Å². The van der Waals surface area contributed by atoms with Crippen molar-refractivity contribution in [2.75, 3.05) is 6.54 Å². The van der Waals surface area contributed by atoms with Gasteiger partial charge in [-0.2, -0.15) is 0 Å². The third-order valence-corrected chi connectivity index (χ3v) is 4.03. The van der Waals surface area contributed by atoms with Crippen molar-refractivity contribution in [3.8, 4) is 0 Å². The Balaban J connectivity index is 1.76. The van der Waals surface area contributed by atoms with Crippen LogP contribution in [0.2, 0.25) is 5.15 Å². The summed E-state index contributed by atoms with van der Waals surface area (Å²) in [6, 6.07) is 1.92. The fraction of sp³-hybridized carbons (Fsp3) is 0.538. The van der Waals surface area contributed by atoms with Gasteiger partial charge in [-0.05, 0) is 36.5 Å². The van der Waals surface area contributed by atoms with Crippen molar-refractivity contribution in [2.24, 2.45) is 5.92 Å². The summed E-state index contributed by atoms with van der Waals surface area (Å²) in [5.41, 5.74) is 2.39. The Morgan fingerprint density at radius 1 is 1.41 bits per heavy atom. The molecule has 4 heteroatoms. The zero-order chi connectivity index (χ0) is 11.8. The molecule has 0 bridgehead atoms. The Labute approximate surface area is 106 Å². The van der Waals surface area contributed by atoms with Gasteiger partial charge in [-0.3, -0.25) is 4.79 Å². The van der Waals surface area contributed by atoms with E-state index in [2.05, 4.69) is 4.98 Å². The molecule has 0 unspecified atom stereocenters. The summed E-state index contributed by atoms with van der Waals surface area (Å²) in [6.45, 7) is 1.53. The number of pyridine rings is 1. The average Bonchev–Trinajstić information content (AvgIpc) is 2.26. The Morgan fingerprint density at radius 2 is 2.24 bits per heavy atom. The second-order valence-corrected chi connectivity index (χ2v) is 5.30. The summed E-state index contributed by atoms with van der Waals surface area (Å²) in [5.74, 6) is 0.619. The quantitative estimate of drug-likeness (QED) is 0.718. The molecule has 1 aromatic heterocycles. The zero-order valence-corrected chi connectivity index (χ0v) is 10.4. The lowest BCUT2D eigenvalue weighted by Gasteiger charge is -2.34. The normalized spacial score (nSPS) is 19.7. The number of amides is 1. The molecule has 1 aliphatic carbocycles. The van der Waals surface area contributed by atoms with Crippen molar-refractivity contribution in [1.82, 2.24) is 9.88 Å². The van der Waals surface area contributed by atoms with Gasteiger partial charge < -0.3 is 4.90 Å². The lowest BCUT2D eigenvalue weighted by molar-refractivity contribution is -0.139. The minimum Gasteiger partial charge on any atom is -0.338 e. The van der Waals surface area contributed by atoms with Crippen molar-refractivity contribution >= 4 is 17.5 Å². The Hall–Kier alpha value is -1.09. The molecule has 2 aliphatic rings. The maximum Gasteiger partial charge on any atom is 0.225 e. The van der Waals surface area contributed by atoms with E-state index in [0.717, 1.165) is 31.4 Å². The molecule has 0 N–H and O–H groups in total. The van der Waals surface area contributed by atoms with Crippen LogP contribution in [0.25, 0.3) is 0 Å². The predicted molar refractivity (Wildman–Crippen MR) is 65.7 cm³/mol. The van der Waals surface area contributed by atoms with E-state index in [4.69, 9.17) is 11.6 Å². The summed E-state index contributed by atoms with van der Waals surface area (Å²) in [6.07, 6.45) is 6.05. The number of rotatable bonds is 1. The standard InChI is InChI=1S/C13H15ClN2O/c14-12-6-10-4-5-16(8-11(10)7-15-12)13(17)9-2-1-3-9/h6-7,9H,1-5,8H2. The maximum absolute atomic E-state index is 12.1. The molecule has 1 fully saturated rings. The molecule has 0 aromatic carbocycles. The lowest BCUT2D eigenvalue weighted by Crippen LogP contribution is -2.41. The first-order valence-electron chi connectivity index (χ1n) is 6.16. The van der Waals surface area contributed by atoms with Gasteiger partial charge in [-0.15, -0.1) is 0 Å². The van der Waals surface area contributed by atoms with Gasteiger partial charge in [0.2, 0.25) is 5.91 Å². The van der Waals surface area contributed by atoms with E-state index in [1.807, 2.05) is 11.0 Å². The van der Waals surface area contributed by atoms with Crippen LogP contribution in [0.3, 0.4) is 0 Å². The minimum atomic E-state index is 0.289. The van der Waals surface area contributed by atoms with Crippen LogP contribution >= 0.6 is 11.6 Å². The second-order valence-electron chi connectivity index (χ2n) is 4.91. The van der Waals surface area contributed by atoms with Crippen molar-refractivity contribution < 1.29 is 4.79 Å². The molecule has 0 atom stereocenters. The number of aromatic nitrogens is 1. The van der Waals surface area contributed by atoms with Crippen LogP contribution in [-0.4, -0.2) is 22.3 Å². The molecule has 3 rings (SSSR count). The minimum absolute atomic E-state index is 0.289. The highest BCUT2D eigenvalue weighted by Gasteiger charge is 2.31. The molecular weight excluding hydrogens is 236 g/mol. The van der Waals surface area contributed by atoms with Gasteiger partial charge in [0.05, 0.1) is 0 Å². The van der Waals surface area contributed by atoms with Gasteiger partial charge in [0.1, 0.15) is 5.15 Å². The highest BCUT2D eigenvalue weighted by atomic mass is 35.5. The summed E-state index contributed by atoms with van der Waals surface area (Å²) >= 11 is 5.87. The fourth-order valence-corrected chi connectivity index (χ4v) is 2.69. The van der Waals surface area contributed by atoms with E-state index in [-0.39, 0.29) is 5.92 Å². The molecule has 1 saturated carbocycles. The van der Waals surface area contributed by atoms with Crippen molar-refractivity contribution in [3.63, 3.8) is 0 Å². The number of carbonyl (C=O) groups excluding carboxylic acids is 1. The van der Waals surface area contributed by atoms with Crippen LogP contribution < -0.4 is 0 Å². The SMILES string of the molecule is O=C(C1CCC1)N1CCc2cc(Cl)ncc2C1. The molecule has 2 heterocycles. The van der Waals surface area contributed by atoms with E-state index < -0.39 is 0 Å². The zero-order valence-electron chi connectivity index (χ0n) is 9.66. The van der Waals surface area contributed by atoms with Crippen molar-refractivity contribution in [1.29, 1.82) is 0 Å². The monoisotopic (exact) mass is 250 g/mol. The Kier molecular flexibility index (Phi) is 2.79. The third kappa shape index (κ3) is 2.04. The predicted octanol–water partition coefficient (Wildman–Crippen LogP) is 2.42. The lowest BCUT2D eigenvalue weighted by atomic mass is 9.84. The Morgan fingerprint density at radius 3 is 2.94 bits per heavy atom. The maximum atomic E-state index is 12.1. The topological polar surface area (TPSA) is 33.2 Å². The van der Waals surface area contributed by atoms with Gasteiger partial charge in [-0.1, -0.05) is 18.0 Å². The van der Waals surface area contributed by atoms with Gasteiger partial charge in [0.25, 0.3) is 0 Å². The molecule has 1 amide bonds. The molecule has 0 radical (unpaired) electrons. The first-order chi connectivity index (χ1) is 8.24. The molecule has 1 aromatic rings. The van der Waals surface area contributed by atoms with Gasteiger partial charge in [0, 0.05) is 25.2 Å². The van der Waals surface area contributed by atoms with Crippen LogP contribution in [0.5, 0.6) is 0 Å². The molecule has 0 spiro atoms. The summed E-state index contributed by atoms with van der Waals surface area (Å²) in [5, 5.41) is 0.544.